The van der Waals surface area contributed by atoms with Crippen molar-refractivity contribution in [3.63, 3.8) is 0 Å². The van der Waals surface area contributed by atoms with Crippen molar-refractivity contribution in [2.24, 2.45) is 22.2 Å². The standard InChI is InChI=1S/C21H33N7O6/c1-12(22)17(30)26-14(8-5-9-25-21(23)24)18(31)28-16(11-29)19(32)27-15(20(33)34)10-13-6-3-2-4-7-13/h2-4,6-7,12,14-16,29H,5,8-11,22H2,1H3,(H,26,30)(H,27,32)(H,28,31)(H,33,34)(H4,23,24,25). The Morgan fingerprint density at radius 2 is 1.50 bits per heavy atom. The van der Waals surface area contributed by atoms with E-state index in [9.17, 15) is 29.4 Å². The molecule has 1 aromatic rings. The van der Waals surface area contributed by atoms with E-state index in [0.717, 1.165) is 0 Å². The number of aliphatic imine (C=N–C) groups is 1. The Hall–Kier alpha value is -3.71. The van der Waals surface area contributed by atoms with Crippen molar-refractivity contribution < 1.29 is 29.4 Å². The van der Waals surface area contributed by atoms with E-state index in [1.165, 1.54) is 6.92 Å². The Balaban J connectivity index is 2.85. The second kappa shape index (κ2) is 14.4. The van der Waals surface area contributed by atoms with Gasteiger partial charge in [0.05, 0.1) is 12.6 Å². The number of hydrogen-bond donors (Lipinski definition) is 8. The Bertz CT molecular complexity index is 858. The molecule has 11 N–H and O–H groups in total. The molecule has 0 spiro atoms. The molecule has 0 heterocycles. The lowest BCUT2D eigenvalue weighted by molar-refractivity contribution is -0.142. The minimum atomic E-state index is -1.45. The lowest BCUT2D eigenvalue weighted by atomic mass is 10.1. The second-order valence-corrected chi connectivity index (χ2v) is 7.63. The van der Waals surface area contributed by atoms with Gasteiger partial charge in [0.2, 0.25) is 17.7 Å². The summed E-state index contributed by atoms with van der Waals surface area (Å²) in [6.07, 6.45) is 0.446. The highest BCUT2D eigenvalue weighted by atomic mass is 16.4. The molecular formula is C21H33N7O6. The topological polar surface area (TPSA) is 235 Å². The van der Waals surface area contributed by atoms with Crippen LogP contribution >= 0.6 is 0 Å². The van der Waals surface area contributed by atoms with Crippen molar-refractivity contribution in [1.29, 1.82) is 0 Å². The zero-order chi connectivity index (χ0) is 25.7. The molecular weight excluding hydrogens is 446 g/mol. The highest BCUT2D eigenvalue weighted by Crippen LogP contribution is 2.05. The Morgan fingerprint density at radius 3 is 2.03 bits per heavy atom. The van der Waals surface area contributed by atoms with Crippen molar-refractivity contribution in [2.75, 3.05) is 13.2 Å². The van der Waals surface area contributed by atoms with Crippen molar-refractivity contribution >= 4 is 29.7 Å². The zero-order valence-corrected chi connectivity index (χ0v) is 18.9. The van der Waals surface area contributed by atoms with E-state index < -0.39 is 54.5 Å². The average Bonchev–Trinajstić information content (AvgIpc) is 2.78. The van der Waals surface area contributed by atoms with Crippen LogP contribution in [0.2, 0.25) is 0 Å². The quantitative estimate of drug-likeness (QED) is 0.0778. The number of guanidine groups is 1. The van der Waals surface area contributed by atoms with Gasteiger partial charge >= 0.3 is 5.97 Å². The number of nitrogens with two attached hydrogens (primary N) is 3. The molecule has 1 rings (SSSR count). The van der Waals surface area contributed by atoms with Gasteiger partial charge < -0.3 is 43.4 Å². The maximum absolute atomic E-state index is 12.8. The monoisotopic (exact) mass is 479 g/mol. The summed E-state index contributed by atoms with van der Waals surface area (Å²) in [5.41, 5.74) is 16.8. The van der Waals surface area contributed by atoms with E-state index in [0.29, 0.717) is 12.0 Å². The van der Waals surface area contributed by atoms with Gasteiger partial charge in [-0.2, -0.15) is 0 Å². The summed E-state index contributed by atoms with van der Waals surface area (Å²) in [6, 6.07) is 3.95. The molecule has 0 aliphatic rings. The second-order valence-electron chi connectivity index (χ2n) is 7.63. The average molecular weight is 480 g/mol. The van der Waals surface area contributed by atoms with E-state index in [1.807, 2.05) is 0 Å². The van der Waals surface area contributed by atoms with Crippen LogP contribution in [0.5, 0.6) is 0 Å². The highest BCUT2D eigenvalue weighted by molar-refractivity contribution is 5.94. The number of carbonyl (C=O) groups excluding carboxylic acids is 3. The Labute approximate surface area is 197 Å². The summed E-state index contributed by atoms with van der Waals surface area (Å²) < 4.78 is 0. The number of carboxylic acid groups (broad SMARTS) is 1. The highest BCUT2D eigenvalue weighted by Gasteiger charge is 2.29. The lowest BCUT2D eigenvalue weighted by Crippen LogP contribution is -2.58. The van der Waals surface area contributed by atoms with E-state index >= 15 is 0 Å². The first-order valence-electron chi connectivity index (χ1n) is 10.6. The van der Waals surface area contributed by atoms with Gasteiger partial charge in [-0.05, 0) is 25.3 Å². The van der Waals surface area contributed by atoms with Crippen LogP contribution in [-0.4, -0.2) is 77.2 Å². The fourth-order valence-corrected chi connectivity index (χ4v) is 2.86. The summed E-state index contributed by atoms with van der Waals surface area (Å²) >= 11 is 0. The zero-order valence-electron chi connectivity index (χ0n) is 18.9. The van der Waals surface area contributed by atoms with Crippen molar-refractivity contribution in [3.8, 4) is 0 Å². The number of nitrogens with one attached hydrogen (secondary N) is 3. The molecule has 0 saturated carbocycles. The number of hydrogen-bond acceptors (Lipinski definition) is 7. The van der Waals surface area contributed by atoms with E-state index in [4.69, 9.17) is 17.2 Å². The molecule has 1 aromatic carbocycles. The molecule has 4 unspecified atom stereocenters. The first-order valence-corrected chi connectivity index (χ1v) is 10.6. The minimum Gasteiger partial charge on any atom is -0.480 e. The summed E-state index contributed by atoms with van der Waals surface area (Å²) in [4.78, 5) is 52.8. The van der Waals surface area contributed by atoms with Gasteiger partial charge in [0.15, 0.2) is 5.96 Å². The molecule has 0 aliphatic carbocycles. The molecule has 13 nitrogen and oxygen atoms in total. The van der Waals surface area contributed by atoms with Crippen molar-refractivity contribution in [1.82, 2.24) is 16.0 Å². The number of aliphatic hydroxyl groups is 1. The molecule has 0 fully saturated rings. The maximum atomic E-state index is 12.8. The van der Waals surface area contributed by atoms with Crippen LogP contribution in [0.15, 0.2) is 35.3 Å². The Morgan fingerprint density at radius 1 is 0.941 bits per heavy atom. The molecule has 0 bridgehead atoms. The summed E-state index contributed by atoms with van der Waals surface area (Å²) in [7, 11) is 0. The molecule has 0 aliphatic heterocycles. The number of rotatable bonds is 14. The van der Waals surface area contributed by atoms with Crippen LogP contribution in [0.1, 0.15) is 25.3 Å². The number of amides is 3. The van der Waals surface area contributed by atoms with Gasteiger partial charge in [0.25, 0.3) is 0 Å². The number of carboxylic acids is 1. The van der Waals surface area contributed by atoms with Crippen molar-refractivity contribution in [2.45, 2.75) is 50.4 Å². The third-order valence-electron chi connectivity index (χ3n) is 4.70. The predicted molar refractivity (Wildman–Crippen MR) is 124 cm³/mol. The van der Waals surface area contributed by atoms with Gasteiger partial charge in [0.1, 0.15) is 18.1 Å². The molecule has 34 heavy (non-hydrogen) atoms. The molecule has 0 saturated heterocycles. The number of nitrogens with zero attached hydrogens (tertiary/aromatic N) is 1. The smallest absolute Gasteiger partial charge is 0.326 e. The van der Waals surface area contributed by atoms with E-state index in [-0.39, 0.29) is 25.3 Å². The summed E-state index contributed by atoms with van der Waals surface area (Å²) in [6.45, 7) is 0.841. The SMILES string of the molecule is CC(N)C(=O)NC(CCCN=C(N)N)C(=O)NC(CO)C(=O)NC(Cc1ccccc1)C(=O)O. The van der Waals surface area contributed by atoms with Crippen LogP contribution < -0.4 is 33.2 Å². The fourth-order valence-electron chi connectivity index (χ4n) is 2.86. The number of benzene rings is 1. The van der Waals surface area contributed by atoms with Crippen LogP contribution in [0.25, 0.3) is 0 Å². The minimum absolute atomic E-state index is 0.00582. The van der Waals surface area contributed by atoms with Gasteiger partial charge in [-0.3, -0.25) is 19.4 Å². The van der Waals surface area contributed by atoms with Crippen molar-refractivity contribution in [3.05, 3.63) is 35.9 Å². The van der Waals surface area contributed by atoms with E-state index in [1.54, 1.807) is 30.3 Å². The van der Waals surface area contributed by atoms with Gasteiger partial charge in [-0.15, -0.1) is 0 Å². The normalized spacial score (nSPS) is 14.1. The first kappa shape index (κ1) is 28.3. The van der Waals surface area contributed by atoms with E-state index in [2.05, 4.69) is 20.9 Å². The fraction of sp³-hybridized carbons (Fsp3) is 0.476. The van der Waals surface area contributed by atoms with Crippen LogP contribution in [-0.2, 0) is 25.6 Å². The summed E-state index contributed by atoms with van der Waals surface area (Å²) in [5, 5.41) is 26.2. The number of aliphatic hydroxyl groups excluding tert-OH is 1. The third kappa shape index (κ3) is 10.3. The van der Waals surface area contributed by atoms with Crippen LogP contribution in [0.4, 0.5) is 0 Å². The molecule has 188 valence electrons. The predicted octanol–water partition coefficient (Wildman–Crippen LogP) is -2.84. The molecule has 13 heteroatoms. The maximum Gasteiger partial charge on any atom is 0.326 e. The first-order chi connectivity index (χ1) is 16.0. The lowest BCUT2D eigenvalue weighted by Gasteiger charge is -2.24. The largest absolute Gasteiger partial charge is 0.480 e. The third-order valence-corrected chi connectivity index (χ3v) is 4.70. The Kier molecular flexibility index (Phi) is 12.0. The number of aliphatic carboxylic acids is 1. The summed E-state index contributed by atoms with van der Waals surface area (Å²) in [5.74, 6) is -3.65. The van der Waals surface area contributed by atoms with Crippen LogP contribution in [0, 0.1) is 0 Å². The van der Waals surface area contributed by atoms with Gasteiger partial charge in [-0.25, -0.2) is 4.79 Å². The molecule has 3 amide bonds. The van der Waals surface area contributed by atoms with Gasteiger partial charge in [0, 0.05) is 13.0 Å². The number of carbonyl (C=O) groups is 4. The molecule has 0 aromatic heterocycles. The molecule has 0 radical (unpaired) electrons. The van der Waals surface area contributed by atoms with Gasteiger partial charge in [-0.1, -0.05) is 30.3 Å². The molecule has 4 atom stereocenters. The van der Waals surface area contributed by atoms with Crippen LogP contribution in [0.3, 0.4) is 0 Å².